The first kappa shape index (κ1) is 26.1. The van der Waals surface area contributed by atoms with Crippen LogP contribution in [0.25, 0.3) is 22.5 Å². The number of halogens is 6. The highest BCUT2D eigenvalue weighted by Crippen LogP contribution is 2.42. The van der Waals surface area contributed by atoms with Crippen LogP contribution in [0.15, 0.2) is 53.3 Å². The van der Waals surface area contributed by atoms with E-state index in [4.69, 9.17) is 0 Å². The molecule has 0 aliphatic heterocycles. The minimum Gasteiger partial charge on any atom is -0.274 e. The maximum absolute atomic E-state index is 14.7. The molecule has 0 radical (unpaired) electrons. The van der Waals surface area contributed by atoms with E-state index in [0.717, 1.165) is 10.1 Å². The number of H-pyrrole nitrogens is 1. The predicted molar refractivity (Wildman–Crippen MR) is 120 cm³/mol. The molecule has 0 fully saturated rings. The zero-order valence-corrected chi connectivity index (χ0v) is 19.4. The fourth-order valence-corrected chi connectivity index (χ4v) is 3.87. The van der Waals surface area contributed by atoms with Crippen molar-refractivity contribution in [1.29, 1.82) is 0 Å². The van der Waals surface area contributed by atoms with Crippen molar-refractivity contribution in [2.45, 2.75) is 51.1 Å². The van der Waals surface area contributed by atoms with Crippen LogP contribution in [0.4, 0.5) is 26.3 Å². The lowest BCUT2D eigenvalue weighted by Crippen LogP contribution is -2.54. The van der Waals surface area contributed by atoms with Gasteiger partial charge in [-0.1, -0.05) is 55.8 Å². The SMILES string of the molecule is CCCCc1nn(C(F)(C(F)F)C(F)(F)F)c(=O)n1Cc1ccc(-c2ccccc2)c(-c2nn[nH]n2)c1. The Hall–Kier alpha value is -3.97. The summed E-state index contributed by atoms with van der Waals surface area (Å²) in [7, 11) is 0. The molecule has 0 aliphatic carbocycles. The van der Waals surface area contributed by atoms with Crippen LogP contribution in [-0.4, -0.2) is 47.6 Å². The first-order chi connectivity index (χ1) is 17.6. The van der Waals surface area contributed by atoms with E-state index >= 15 is 0 Å². The van der Waals surface area contributed by atoms with Gasteiger partial charge in [0.15, 0.2) is 0 Å². The molecule has 37 heavy (non-hydrogen) atoms. The fourth-order valence-electron chi connectivity index (χ4n) is 3.87. The van der Waals surface area contributed by atoms with E-state index in [1.807, 2.05) is 30.3 Å². The molecule has 2 aromatic heterocycles. The molecule has 14 heteroatoms. The molecule has 196 valence electrons. The van der Waals surface area contributed by atoms with E-state index in [0.29, 0.717) is 29.5 Å². The number of nitrogens with one attached hydrogen (secondary N) is 1. The number of tetrazole rings is 1. The molecule has 1 N–H and O–H groups in total. The minimum atomic E-state index is -6.07. The van der Waals surface area contributed by atoms with Crippen molar-refractivity contribution < 1.29 is 26.3 Å². The summed E-state index contributed by atoms with van der Waals surface area (Å²) in [6, 6.07) is 14.1. The highest BCUT2D eigenvalue weighted by molar-refractivity contribution is 5.80. The third kappa shape index (κ3) is 4.87. The van der Waals surface area contributed by atoms with Crippen LogP contribution in [0.2, 0.25) is 0 Å². The van der Waals surface area contributed by atoms with Gasteiger partial charge in [-0.25, -0.2) is 18.0 Å². The van der Waals surface area contributed by atoms with Gasteiger partial charge in [-0.2, -0.15) is 28.2 Å². The van der Waals surface area contributed by atoms with Gasteiger partial charge in [-0.3, -0.25) is 4.57 Å². The van der Waals surface area contributed by atoms with Gasteiger partial charge in [0.05, 0.1) is 6.54 Å². The van der Waals surface area contributed by atoms with Crippen molar-refractivity contribution in [3.8, 4) is 22.5 Å². The Labute approximate surface area is 205 Å². The van der Waals surface area contributed by atoms with Crippen LogP contribution < -0.4 is 5.69 Å². The summed E-state index contributed by atoms with van der Waals surface area (Å²) in [6.07, 6.45) is -9.70. The van der Waals surface area contributed by atoms with Crippen molar-refractivity contribution in [2.75, 3.05) is 0 Å². The molecule has 1 unspecified atom stereocenters. The normalized spacial score (nSPS) is 13.7. The number of nitrogens with zero attached hydrogens (tertiary/aromatic N) is 6. The van der Waals surface area contributed by atoms with Gasteiger partial charge in [-0.15, -0.1) is 10.2 Å². The van der Waals surface area contributed by atoms with Crippen LogP contribution in [0, 0.1) is 0 Å². The van der Waals surface area contributed by atoms with Gasteiger partial charge in [0.1, 0.15) is 5.82 Å². The molecule has 4 rings (SSSR count). The van der Waals surface area contributed by atoms with E-state index in [1.165, 1.54) is 0 Å². The lowest BCUT2D eigenvalue weighted by molar-refractivity contribution is -0.310. The van der Waals surface area contributed by atoms with Crippen LogP contribution in [-0.2, 0) is 18.8 Å². The molecule has 2 heterocycles. The Kier molecular flexibility index (Phi) is 7.18. The number of hydrogen-bond acceptors (Lipinski definition) is 5. The molecular weight excluding hydrogens is 504 g/mol. The maximum atomic E-state index is 14.7. The number of hydrogen-bond donors (Lipinski definition) is 1. The number of aromatic nitrogens is 7. The lowest BCUT2D eigenvalue weighted by Gasteiger charge is -2.25. The number of aromatic amines is 1. The second-order valence-electron chi connectivity index (χ2n) is 8.25. The molecule has 0 spiro atoms. The maximum Gasteiger partial charge on any atom is 0.450 e. The summed E-state index contributed by atoms with van der Waals surface area (Å²) < 4.78 is 81.5. The molecule has 0 saturated carbocycles. The minimum absolute atomic E-state index is 0.0181. The summed E-state index contributed by atoms with van der Waals surface area (Å²) in [5.41, 5.74) is 0.770. The topological polar surface area (TPSA) is 94.3 Å². The zero-order valence-electron chi connectivity index (χ0n) is 19.4. The van der Waals surface area contributed by atoms with Gasteiger partial charge in [0.25, 0.3) is 0 Å². The molecular formula is C23H21F6N7O. The average Bonchev–Trinajstić information content (AvgIpc) is 3.51. The number of benzene rings is 2. The van der Waals surface area contributed by atoms with Crippen LogP contribution in [0.1, 0.15) is 31.2 Å². The van der Waals surface area contributed by atoms with Gasteiger partial charge >= 0.3 is 24.1 Å². The Morgan fingerprint density at radius 2 is 1.76 bits per heavy atom. The van der Waals surface area contributed by atoms with Crippen molar-refractivity contribution in [2.24, 2.45) is 0 Å². The number of unbranched alkanes of at least 4 members (excludes halogenated alkanes) is 1. The highest BCUT2D eigenvalue weighted by Gasteiger charge is 2.66. The standard InChI is InChI=1S/C23H21F6N7O/c1-2-3-9-18-32-36(22(26,20(24)25)23(27,28)29)21(37)35(18)13-14-10-11-16(15-7-5-4-6-8-15)17(12-14)19-30-33-34-31-19/h4-8,10-12,20H,2-3,9,13H2,1H3,(H,30,31,33,34). The smallest absolute Gasteiger partial charge is 0.274 e. The van der Waals surface area contributed by atoms with E-state index < -0.39 is 28.8 Å². The lowest BCUT2D eigenvalue weighted by atomic mass is 9.97. The van der Waals surface area contributed by atoms with Crippen LogP contribution >= 0.6 is 0 Å². The monoisotopic (exact) mass is 525 g/mol. The van der Waals surface area contributed by atoms with Gasteiger partial charge in [0, 0.05) is 12.0 Å². The molecule has 0 amide bonds. The molecule has 0 bridgehead atoms. The summed E-state index contributed by atoms with van der Waals surface area (Å²) in [5.74, 6) is -5.30. The Morgan fingerprint density at radius 1 is 1.03 bits per heavy atom. The van der Waals surface area contributed by atoms with E-state index in [9.17, 15) is 31.1 Å². The summed E-state index contributed by atoms with van der Waals surface area (Å²) in [6.45, 7) is 1.43. The van der Waals surface area contributed by atoms with Gasteiger partial charge in [0.2, 0.25) is 5.82 Å². The van der Waals surface area contributed by atoms with E-state index in [-0.39, 0.29) is 24.6 Å². The predicted octanol–water partition coefficient (Wildman–Crippen LogP) is 4.73. The zero-order chi connectivity index (χ0) is 26.8. The third-order valence-corrected chi connectivity index (χ3v) is 5.78. The Morgan fingerprint density at radius 3 is 2.35 bits per heavy atom. The van der Waals surface area contributed by atoms with E-state index in [1.54, 1.807) is 25.1 Å². The van der Waals surface area contributed by atoms with Crippen molar-refractivity contribution in [1.82, 2.24) is 35.0 Å². The van der Waals surface area contributed by atoms with Gasteiger partial charge < -0.3 is 0 Å². The summed E-state index contributed by atoms with van der Waals surface area (Å²) >= 11 is 0. The van der Waals surface area contributed by atoms with Crippen LogP contribution in [0.5, 0.6) is 0 Å². The van der Waals surface area contributed by atoms with Crippen molar-refractivity contribution in [3.63, 3.8) is 0 Å². The first-order valence-electron chi connectivity index (χ1n) is 11.2. The largest absolute Gasteiger partial charge is 0.450 e. The number of alkyl halides is 6. The van der Waals surface area contributed by atoms with Crippen molar-refractivity contribution in [3.05, 3.63) is 70.4 Å². The molecule has 8 nitrogen and oxygen atoms in total. The average molecular weight is 525 g/mol. The number of rotatable bonds is 9. The third-order valence-electron chi connectivity index (χ3n) is 5.78. The Bertz CT molecular complexity index is 1400. The second kappa shape index (κ2) is 10.2. The summed E-state index contributed by atoms with van der Waals surface area (Å²) in [4.78, 5) is 12.9. The molecule has 1 atom stereocenters. The molecule has 0 saturated heterocycles. The molecule has 2 aromatic carbocycles. The summed E-state index contributed by atoms with van der Waals surface area (Å²) in [5, 5.41) is 17.3. The second-order valence-corrected chi connectivity index (χ2v) is 8.25. The highest BCUT2D eigenvalue weighted by atomic mass is 19.4. The van der Waals surface area contributed by atoms with Gasteiger partial charge in [-0.05, 0) is 34.4 Å². The quantitative estimate of drug-likeness (QED) is 0.319. The molecule has 4 aromatic rings. The first-order valence-corrected chi connectivity index (χ1v) is 11.2. The Balaban J connectivity index is 1.83. The number of aryl methyl sites for hydroxylation is 1. The van der Waals surface area contributed by atoms with Crippen molar-refractivity contribution >= 4 is 0 Å². The molecule has 0 aliphatic rings. The van der Waals surface area contributed by atoms with E-state index in [2.05, 4.69) is 25.7 Å². The van der Waals surface area contributed by atoms with Crippen LogP contribution in [0.3, 0.4) is 0 Å². The fraction of sp³-hybridized carbons (Fsp3) is 0.348.